The van der Waals surface area contributed by atoms with Crippen molar-refractivity contribution in [1.82, 2.24) is 15.5 Å². The minimum absolute atomic E-state index is 0.380. The Morgan fingerprint density at radius 1 is 1.44 bits per heavy atom. The van der Waals surface area contributed by atoms with Gasteiger partial charge in [-0.25, -0.2) is 4.79 Å². The molecule has 6 nitrogen and oxygen atoms in total. The number of rotatable bonds is 4. The summed E-state index contributed by atoms with van der Waals surface area (Å²) in [7, 11) is 1.66. The van der Waals surface area contributed by atoms with E-state index in [1.54, 1.807) is 32.7 Å². The van der Waals surface area contributed by atoms with Crippen LogP contribution in [0, 0.1) is 11.3 Å². The summed E-state index contributed by atoms with van der Waals surface area (Å²) in [6, 6.07) is 0.598. The van der Waals surface area contributed by atoms with Gasteiger partial charge in [-0.3, -0.25) is 15.0 Å². The smallest absolute Gasteiger partial charge is 0.321 e. The Balaban J connectivity index is 4.29. The summed E-state index contributed by atoms with van der Waals surface area (Å²) in [6.45, 7) is 5.55. The van der Waals surface area contributed by atoms with Gasteiger partial charge in [0.25, 0.3) is 0 Å². The first kappa shape index (κ1) is 14.4. The first-order valence-electron chi connectivity index (χ1n) is 5.14. The predicted molar refractivity (Wildman–Crippen MR) is 59.5 cm³/mol. The molecule has 0 aliphatic carbocycles. The second kappa shape index (κ2) is 6.80. The first-order valence-corrected chi connectivity index (χ1v) is 5.14. The Morgan fingerprint density at radius 3 is 2.44 bits per heavy atom. The van der Waals surface area contributed by atoms with Gasteiger partial charge in [-0.2, -0.15) is 5.26 Å². The second-order valence-electron chi connectivity index (χ2n) is 3.50. The molecule has 90 valence electrons. The summed E-state index contributed by atoms with van der Waals surface area (Å²) >= 11 is 0. The third kappa shape index (κ3) is 4.28. The maximum atomic E-state index is 11.6. The lowest BCUT2D eigenvalue weighted by Crippen LogP contribution is -2.50. The number of carbonyl (C=O) groups excluding carboxylic acids is 2. The Bertz CT molecular complexity index is 298. The Kier molecular flexibility index (Phi) is 6.11. The van der Waals surface area contributed by atoms with Crippen LogP contribution in [0.25, 0.3) is 0 Å². The van der Waals surface area contributed by atoms with E-state index in [1.807, 2.05) is 6.07 Å². The van der Waals surface area contributed by atoms with E-state index >= 15 is 0 Å². The van der Waals surface area contributed by atoms with Crippen LogP contribution in [0.15, 0.2) is 0 Å². The molecule has 0 saturated carbocycles. The number of imide groups is 1. The van der Waals surface area contributed by atoms with Crippen LogP contribution < -0.4 is 10.6 Å². The molecule has 3 amide bonds. The highest BCUT2D eigenvalue weighted by Gasteiger charge is 2.23. The molecule has 0 heterocycles. The van der Waals surface area contributed by atoms with Gasteiger partial charge in [0.05, 0.1) is 18.2 Å². The highest BCUT2D eigenvalue weighted by atomic mass is 16.2. The lowest BCUT2D eigenvalue weighted by atomic mass is 10.2. The second-order valence-corrected chi connectivity index (χ2v) is 3.50. The summed E-state index contributed by atoms with van der Waals surface area (Å²) < 4.78 is 0. The van der Waals surface area contributed by atoms with Gasteiger partial charge in [-0.05, 0) is 27.8 Å². The van der Waals surface area contributed by atoms with Gasteiger partial charge in [0.15, 0.2) is 0 Å². The van der Waals surface area contributed by atoms with Crippen LogP contribution in [0.2, 0.25) is 0 Å². The summed E-state index contributed by atoms with van der Waals surface area (Å²) in [4.78, 5) is 24.3. The van der Waals surface area contributed by atoms with Crippen LogP contribution in [0.4, 0.5) is 4.79 Å². The van der Waals surface area contributed by atoms with E-state index in [2.05, 4.69) is 10.6 Å². The predicted octanol–water partition coefficient (Wildman–Crippen LogP) is 0.0645. The zero-order valence-corrected chi connectivity index (χ0v) is 10.1. The molecular weight excluding hydrogens is 208 g/mol. The number of carbonyl (C=O) groups is 2. The Morgan fingerprint density at radius 2 is 2.00 bits per heavy atom. The average Bonchev–Trinajstić information content (AvgIpc) is 2.26. The molecule has 0 spiro atoms. The van der Waals surface area contributed by atoms with Crippen molar-refractivity contribution in [2.45, 2.75) is 32.9 Å². The molecule has 0 fully saturated rings. The molecule has 0 radical (unpaired) electrons. The van der Waals surface area contributed by atoms with Crippen LogP contribution in [-0.4, -0.2) is 42.5 Å². The van der Waals surface area contributed by atoms with Gasteiger partial charge in [-0.1, -0.05) is 0 Å². The molecule has 6 heteroatoms. The minimum Gasteiger partial charge on any atom is -0.338 e. The van der Waals surface area contributed by atoms with Gasteiger partial charge >= 0.3 is 6.03 Å². The summed E-state index contributed by atoms with van der Waals surface area (Å²) in [5, 5.41) is 13.4. The molecule has 0 saturated heterocycles. The van der Waals surface area contributed by atoms with Crippen molar-refractivity contribution in [2.75, 3.05) is 13.6 Å². The minimum atomic E-state index is -0.530. The Hall–Kier alpha value is -1.61. The van der Waals surface area contributed by atoms with Crippen molar-refractivity contribution >= 4 is 11.9 Å². The van der Waals surface area contributed by atoms with Crippen LogP contribution >= 0.6 is 0 Å². The number of nitrogens with one attached hydrogen (secondary N) is 2. The molecule has 0 aromatic heterocycles. The molecule has 0 aliphatic rings. The van der Waals surface area contributed by atoms with Crippen LogP contribution in [0.5, 0.6) is 0 Å². The molecule has 0 aliphatic heterocycles. The summed E-state index contributed by atoms with van der Waals surface area (Å²) in [6.07, 6.45) is 0. The van der Waals surface area contributed by atoms with Crippen LogP contribution in [-0.2, 0) is 4.79 Å². The first-order chi connectivity index (χ1) is 7.43. The number of urea groups is 1. The molecule has 0 aromatic carbocycles. The largest absolute Gasteiger partial charge is 0.338 e. The SMILES string of the molecule is CCNC(=O)NC(=O)C(C)N(C)C(C)C#N. The lowest BCUT2D eigenvalue weighted by Gasteiger charge is -2.25. The van der Waals surface area contributed by atoms with E-state index in [4.69, 9.17) is 5.26 Å². The van der Waals surface area contributed by atoms with E-state index in [-0.39, 0.29) is 6.04 Å². The van der Waals surface area contributed by atoms with Gasteiger partial charge in [0.2, 0.25) is 5.91 Å². The lowest BCUT2D eigenvalue weighted by molar-refractivity contribution is -0.124. The Labute approximate surface area is 95.6 Å². The van der Waals surface area contributed by atoms with Crippen molar-refractivity contribution in [3.05, 3.63) is 0 Å². The zero-order chi connectivity index (χ0) is 12.7. The van der Waals surface area contributed by atoms with Crippen molar-refractivity contribution in [3.63, 3.8) is 0 Å². The fourth-order valence-corrected chi connectivity index (χ4v) is 1.03. The maximum Gasteiger partial charge on any atom is 0.321 e. The molecule has 0 aromatic rings. The fraction of sp³-hybridized carbons (Fsp3) is 0.700. The quantitative estimate of drug-likeness (QED) is 0.710. The topological polar surface area (TPSA) is 85.2 Å². The third-order valence-electron chi connectivity index (χ3n) is 2.36. The van der Waals surface area contributed by atoms with Gasteiger partial charge in [0, 0.05) is 6.54 Å². The van der Waals surface area contributed by atoms with Gasteiger partial charge in [-0.15, -0.1) is 0 Å². The monoisotopic (exact) mass is 226 g/mol. The number of hydrogen-bond acceptors (Lipinski definition) is 4. The fourth-order valence-electron chi connectivity index (χ4n) is 1.03. The van der Waals surface area contributed by atoms with Crippen LogP contribution in [0.1, 0.15) is 20.8 Å². The van der Waals surface area contributed by atoms with E-state index in [0.717, 1.165) is 0 Å². The molecule has 2 atom stereocenters. The van der Waals surface area contributed by atoms with E-state index in [1.165, 1.54) is 0 Å². The number of hydrogen-bond donors (Lipinski definition) is 2. The highest BCUT2D eigenvalue weighted by Crippen LogP contribution is 2.01. The number of nitriles is 1. The van der Waals surface area contributed by atoms with Crippen molar-refractivity contribution in [3.8, 4) is 6.07 Å². The number of nitrogens with zero attached hydrogens (tertiary/aromatic N) is 2. The molecule has 0 bridgehead atoms. The van der Waals surface area contributed by atoms with Crippen LogP contribution in [0.3, 0.4) is 0 Å². The van der Waals surface area contributed by atoms with Gasteiger partial charge < -0.3 is 5.32 Å². The molecule has 2 unspecified atom stereocenters. The van der Waals surface area contributed by atoms with Crippen molar-refractivity contribution < 1.29 is 9.59 Å². The summed E-state index contributed by atoms with van der Waals surface area (Å²) in [5.41, 5.74) is 0. The van der Waals surface area contributed by atoms with E-state index in [0.29, 0.717) is 6.54 Å². The van der Waals surface area contributed by atoms with Crippen molar-refractivity contribution in [1.29, 1.82) is 5.26 Å². The third-order valence-corrected chi connectivity index (χ3v) is 2.36. The highest BCUT2D eigenvalue weighted by molar-refractivity contribution is 5.96. The molecular formula is C10H18N4O2. The zero-order valence-electron chi connectivity index (χ0n) is 10.1. The number of amides is 3. The standard InChI is InChI=1S/C10H18N4O2/c1-5-12-10(16)13-9(15)8(3)14(4)7(2)6-11/h7-8H,5H2,1-4H3,(H2,12,13,15,16). The molecule has 0 rings (SSSR count). The average molecular weight is 226 g/mol. The maximum absolute atomic E-state index is 11.6. The molecule has 16 heavy (non-hydrogen) atoms. The van der Waals surface area contributed by atoms with Gasteiger partial charge in [0.1, 0.15) is 0 Å². The molecule has 2 N–H and O–H groups in total. The number of likely N-dealkylation sites (N-methyl/N-ethyl adjacent to an activating group) is 1. The van der Waals surface area contributed by atoms with E-state index in [9.17, 15) is 9.59 Å². The van der Waals surface area contributed by atoms with Crippen molar-refractivity contribution in [2.24, 2.45) is 0 Å². The summed E-state index contributed by atoms with van der Waals surface area (Å²) in [5.74, 6) is -0.421. The van der Waals surface area contributed by atoms with E-state index < -0.39 is 18.0 Å². The normalized spacial score (nSPS) is 13.8.